The van der Waals surface area contributed by atoms with Gasteiger partial charge >= 0.3 is 0 Å². The van der Waals surface area contributed by atoms with E-state index >= 15 is 0 Å². The van der Waals surface area contributed by atoms with Crippen molar-refractivity contribution in [3.8, 4) is 0 Å². The Bertz CT molecular complexity index is 252. The highest BCUT2D eigenvalue weighted by molar-refractivity contribution is 5.92. The topological polar surface area (TPSA) is 17.1 Å². The van der Waals surface area contributed by atoms with Crippen LogP contribution in [0.5, 0.6) is 0 Å². The fraction of sp³-hybridized carbons (Fsp3) is 0.824. The van der Waals surface area contributed by atoms with Crippen LogP contribution in [0.3, 0.4) is 0 Å². The van der Waals surface area contributed by atoms with E-state index in [0.29, 0.717) is 5.78 Å². The van der Waals surface area contributed by atoms with Crippen molar-refractivity contribution < 1.29 is 4.79 Å². The van der Waals surface area contributed by atoms with Crippen molar-refractivity contribution in [2.75, 3.05) is 0 Å². The summed E-state index contributed by atoms with van der Waals surface area (Å²) in [6.07, 6.45) is 18.8. The van der Waals surface area contributed by atoms with Crippen molar-refractivity contribution in [2.24, 2.45) is 0 Å². The molecule has 0 saturated carbocycles. The van der Waals surface area contributed by atoms with Crippen LogP contribution in [0, 0.1) is 0 Å². The monoisotopic (exact) mass is 250 g/mol. The lowest BCUT2D eigenvalue weighted by Gasteiger charge is -2.03. The molecule has 0 atom stereocenters. The first-order chi connectivity index (χ1) is 8.83. The average molecular weight is 250 g/mol. The fourth-order valence-electron chi connectivity index (χ4n) is 2.69. The number of carbonyl (C=O) groups excluding carboxylic acids is 1. The summed E-state index contributed by atoms with van der Waals surface area (Å²) >= 11 is 0. The van der Waals surface area contributed by atoms with Gasteiger partial charge in [0.1, 0.15) is 0 Å². The molecule has 1 aliphatic rings. The molecular weight excluding hydrogens is 220 g/mol. The Morgan fingerprint density at radius 3 is 1.89 bits per heavy atom. The van der Waals surface area contributed by atoms with Crippen LogP contribution in [-0.4, -0.2) is 5.78 Å². The maximum atomic E-state index is 11.1. The first-order valence-corrected chi connectivity index (χ1v) is 8.05. The summed E-state index contributed by atoms with van der Waals surface area (Å²) in [4.78, 5) is 11.1. The van der Waals surface area contributed by atoms with E-state index in [1.807, 2.05) is 6.08 Å². The van der Waals surface area contributed by atoms with E-state index < -0.39 is 0 Å². The highest BCUT2D eigenvalue weighted by Crippen LogP contribution is 2.21. The number of ketones is 1. The minimum atomic E-state index is 0.345. The summed E-state index contributed by atoms with van der Waals surface area (Å²) in [6, 6.07) is 0. The molecule has 0 aromatic carbocycles. The predicted octanol–water partition coefficient (Wildman–Crippen LogP) is 5.59. The van der Waals surface area contributed by atoms with Gasteiger partial charge in [-0.25, -0.2) is 0 Å². The Balaban J connectivity index is 1.79. The molecule has 0 unspecified atom stereocenters. The average Bonchev–Trinajstić information content (AvgIpc) is 2.77. The first kappa shape index (κ1) is 15.5. The minimum absolute atomic E-state index is 0.345. The van der Waals surface area contributed by atoms with E-state index in [9.17, 15) is 4.79 Å². The highest BCUT2D eigenvalue weighted by atomic mass is 16.1. The zero-order valence-corrected chi connectivity index (χ0v) is 12.2. The van der Waals surface area contributed by atoms with Crippen molar-refractivity contribution in [3.05, 3.63) is 11.6 Å². The van der Waals surface area contributed by atoms with Gasteiger partial charge in [0.05, 0.1) is 0 Å². The van der Waals surface area contributed by atoms with Crippen LogP contribution in [0.15, 0.2) is 11.6 Å². The lowest BCUT2D eigenvalue weighted by molar-refractivity contribution is -0.114. The van der Waals surface area contributed by atoms with Gasteiger partial charge in [-0.1, -0.05) is 70.3 Å². The summed E-state index contributed by atoms with van der Waals surface area (Å²) < 4.78 is 0. The normalized spacial score (nSPS) is 15.2. The number of rotatable bonds is 11. The quantitative estimate of drug-likeness (QED) is 0.437. The van der Waals surface area contributed by atoms with Gasteiger partial charge in [-0.2, -0.15) is 0 Å². The fourth-order valence-corrected chi connectivity index (χ4v) is 2.69. The third-order valence-corrected chi connectivity index (χ3v) is 3.91. The van der Waals surface area contributed by atoms with Crippen LogP contribution in [0.2, 0.25) is 0 Å². The molecule has 18 heavy (non-hydrogen) atoms. The summed E-state index contributed by atoms with van der Waals surface area (Å²) in [5, 5.41) is 0. The minimum Gasteiger partial charge on any atom is -0.295 e. The molecule has 0 heterocycles. The van der Waals surface area contributed by atoms with Gasteiger partial charge in [0.25, 0.3) is 0 Å². The Labute approximate surface area is 113 Å². The molecule has 0 amide bonds. The Morgan fingerprint density at radius 1 is 0.833 bits per heavy atom. The molecule has 1 aliphatic carbocycles. The number of hydrogen-bond donors (Lipinski definition) is 0. The van der Waals surface area contributed by atoms with Gasteiger partial charge in [-0.15, -0.1) is 0 Å². The predicted molar refractivity (Wildman–Crippen MR) is 78.8 cm³/mol. The van der Waals surface area contributed by atoms with Gasteiger partial charge in [-0.05, 0) is 25.3 Å². The molecular formula is C17H30O. The molecule has 0 saturated heterocycles. The molecule has 0 aromatic rings. The van der Waals surface area contributed by atoms with E-state index in [1.54, 1.807) is 0 Å². The van der Waals surface area contributed by atoms with E-state index in [0.717, 1.165) is 12.8 Å². The second kappa shape index (κ2) is 10.3. The third-order valence-electron chi connectivity index (χ3n) is 3.91. The van der Waals surface area contributed by atoms with Gasteiger partial charge in [-0.3, -0.25) is 4.79 Å². The SMILES string of the molecule is CCCCCCCCCCCCC1=CC(=O)CC1. The molecule has 0 fully saturated rings. The third kappa shape index (κ3) is 7.68. The van der Waals surface area contributed by atoms with Gasteiger partial charge in [0, 0.05) is 6.42 Å². The molecule has 0 N–H and O–H groups in total. The molecule has 0 radical (unpaired) electrons. The van der Waals surface area contributed by atoms with Crippen molar-refractivity contribution >= 4 is 5.78 Å². The van der Waals surface area contributed by atoms with Crippen molar-refractivity contribution in [1.82, 2.24) is 0 Å². The zero-order valence-electron chi connectivity index (χ0n) is 12.2. The van der Waals surface area contributed by atoms with Crippen LogP contribution in [0.1, 0.15) is 90.4 Å². The summed E-state index contributed by atoms with van der Waals surface area (Å²) in [5.74, 6) is 0.345. The molecule has 104 valence electrons. The van der Waals surface area contributed by atoms with Gasteiger partial charge in [0.15, 0.2) is 5.78 Å². The van der Waals surface area contributed by atoms with Gasteiger partial charge < -0.3 is 0 Å². The van der Waals surface area contributed by atoms with Crippen molar-refractivity contribution in [3.63, 3.8) is 0 Å². The molecule has 0 aliphatic heterocycles. The lowest BCUT2D eigenvalue weighted by atomic mass is 10.0. The van der Waals surface area contributed by atoms with Gasteiger partial charge in [0.2, 0.25) is 0 Å². The standard InChI is InChI=1S/C17H30O/c1-2-3-4-5-6-7-8-9-10-11-12-16-13-14-17(18)15-16/h15H,2-14H2,1H3. The van der Waals surface area contributed by atoms with Crippen LogP contribution in [-0.2, 0) is 4.79 Å². The Kier molecular flexibility index (Phi) is 8.89. The number of unbranched alkanes of at least 4 members (excludes halogenated alkanes) is 9. The Morgan fingerprint density at radius 2 is 1.39 bits per heavy atom. The van der Waals surface area contributed by atoms with Crippen LogP contribution in [0.25, 0.3) is 0 Å². The second-order valence-electron chi connectivity index (χ2n) is 5.70. The van der Waals surface area contributed by atoms with E-state index in [4.69, 9.17) is 0 Å². The summed E-state index contributed by atoms with van der Waals surface area (Å²) in [6.45, 7) is 2.27. The van der Waals surface area contributed by atoms with Crippen LogP contribution < -0.4 is 0 Å². The number of allylic oxidation sites excluding steroid dienone is 2. The molecule has 1 nitrogen and oxygen atoms in total. The van der Waals surface area contributed by atoms with Crippen molar-refractivity contribution in [1.29, 1.82) is 0 Å². The van der Waals surface area contributed by atoms with Crippen LogP contribution in [0.4, 0.5) is 0 Å². The smallest absolute Gasteiger partial charge is 0.155 e. The van der Waals surface area contributed by atoms with E-state index in [2.05, 4.69) is 6.92 Å². The first-order valence-electron chi connectivity index (χ1n) is 8.05. The molecule has 0 spiro atoms. The maximum Gasteiger partial charge on any atom is 0.155 e. The number of hydrogen-bond acceptors (Lipinski definition) is 1. The largest absolute Gasteiger partial charge is 0.295 e. The molecule has 0 bridgehead atoms. The lowest BCUT2D eigenvalue weighted by Crippen LogP contribution is -1.83. The Hall–Kier alpha value is -0.590. The van der Waals surface area contributed by atoms with E-state index in [-0.39, 0.29) is 0 Å². The second-order valence-corrected chi connectivity index (χ2v) is 5.70. The summed E-state index contributed by atoms with van der Waals surface area (Å²) in [7, 11) is 0. The highest BCUT2D eigenvalue weighted by Gasteiger charge is 2.10. The zero-order chi connectivity index (χ0) is 13.1. The maximum absolute atomic E-state index is 11.1. The van der Waals surface area contributed by atoms with Crippen LogP contribution >= 0.6 is 0 Å². The molecule has 1 rings (SSSR count). The van der Waals surface area contributed by atoms with Crippen molar-refractivity contribution in [2.45, 2.75) is 90.4 Å². The summed E-state index contributed by atoms with van der Waals surface area (Å²) in [5.41, 5.74) is 1.40. The van der Waals surface area contributed by atoms with E-state index in [1.165, 1.54) is 76.2 Å². The molecule has 0 aromatic heterocycles. The molecule has 1 heteroatoms. The number of carbonyl (C=O) groups is 1.